The Hall–Kier alpha value is -1.40. The van der Waals surface area contributed by atoms with Crippen molar-refractivity contribution in [1.82, 2.24) is 4.98 Å². The van der Waals surface area contributed by atoms with Gasteiger partial charge in [0.1, 0.15) is 0 Å². The predicted molar refractivity (Wildman–Crippen MR) is 69.4 cm³/mol. The molecule has 0 amide bonds. The maximum atomic E-state index is 12.9. The minimum absolute atomic E-state index is 0.0369. The van der Waals surface area contributed by atoms with Crippen molar-refractivity contribution in [2.45, 2.75) is 12.2 Å². The van der Waals surface area contributed by atoms with E-state index in [-0.39, 0.29) is 5.56 Å². The lowest BCUT2D eigenvalue weighted by Crippen LogP contribution is -2.18. The van der Waals surface area contributed by atoms with Crippen LogP contribution in [0.3, 0.4) is 0 Å². The molecule has 2 nitrogen and oxygen atoms in total. The van der Waals surface area contributed by atoms with Crippen LogP contribution in [0, 0.1) is 0 Å². The Kier molecular flexibility index (Phi) is 3.91. The van der Waals surface area contributed by atoms with Crippen molar-refractivity contribution in [3.8, 4) is 0 Å². The summed E-state index contributed by atoms with van der Waals surface area (Å²) in [7, 11) is 0. The van der Waals surface area contributed by atoms with Crippen LogP contribution in [-0.2, 0) is 6.18 Å². The van der Waals surface area contributed by atoms with Gasteiger partial charge in [-0.3, -0.25) is 4.98 Å². The number of hydrogen-bond acceptors (Lipinski definition) is 2. The molecule has 1 unspecified atom stereocenters. The van der Waals surface area contributed by atoms with Crippen LogP contribution in [0.1, 0.15) is 22.7 Å². The third-order valence-electron chi connectivity index (χ3n) is 2.69. The highest BCUT2D eigenvalue weighted by Gasteiger charge is 2.34. The van der Waals surface area contributed by atoms with Gasteiger partial charge in [-0.05, 0) is 39.2 Å². The van der Waals surface area contributed by atoms with E-state index >= 15 is 0 Å². The summed E-state index contributed by atoms with van der Waals surface area (Å²) >= 11 is 3.22. The lowest BCUT2D eigenvalue weighted by molar-refractivity contribution is -0.138. The lowest BCUT2D eigenvalue weighted by Gasteiger charge is -2.18. The summed E-state index contributed by atoms with van der Waals surface area (Å²) in [6.45, 7) is 0. The minimum atomic E-state index is -4.42. The monoisotopic (exact) mass is 330 g/mol. The van der Waals surface area contributed by atoms with Crippen molar-refractivity contribution in [1.29, 1.82) is 0 Å². The Morgan fingerprint density at radius 2 is 1.84 bits per heavy atom. The third kappa shape index (κ3) is 3.13. The molecule has 19 heavy (non-hydrogen) atoms. The Balaban J connectivity index is 2.48. The van der Waals surface area contributed by atoms with Gasteiger partial charge in [-0.25, -0.2) is 0 Å². The summed E-state index contributed by atoms with van der Waals surface area (Å²) < 4.78 is 39.4. The van der Waals surface area contributed by atoms with E-state index in [1.165, 1.54) is 24.4 Å². The van der Waals surface area contributed by atoms with Gasteiger partial charge in [-0.2, -0.15) is 13.2 Å². The first-order valence-corrected chi connectivity index (χ1v) is 6.21. The van der Waals surface area contributed by atoms with Crippen LogP contribution in [0.2, 0.25) is 0 Å². The fourth-order valence-corrected chi connectivity index (χ4v) is 2.19. The van der Waals surface area contributed by atoms with Crippen molar-refractivity contribution in [2.24, 2.45) is 5.73 Å². The number of rotatable bonds is 2. The van der Waals surface area contributed by atoms with Gasteiger partial charge in [0.05, 0.1) is 11.6 Å². The number of aromatic nitrogens is 1. The number of halogens is 4. The molecule has 1 heterocycles. The molecule has 0 aliphatic rings. The SMILES string of the molecule is NC(c1cncc(Br)c1)c1ccccc1C(F)(F)F. The fraction of sp³-hybridized carbons (Fsp3) is 0.154. The van der Waals surface area contributed by atoms with Crippen molar-refractivity contribution in [3.05, 3.63) is 63.9 Å². The largest absolute Gasteiger partial charge is 0.416 e. The van der Waals surface area contributed by atoms with E-state index in [1.807, 2.05) is 0 Å². The van der Waals surface area contributed by atoms with E-state index in [1.54, 1.807) is 12.3 Å². The van der Waals surface area contributed by atoms with Crippen LogP contribution in [0.5, 0.6) is 0 Å². The smallest absolute Gasteiger partial charge is 0.320 e. The first kappa shape index (κ1) is 14.0. The van der Waals surface area contributed by atoms with Gasteiger partial charge in [0.15, 0.2) is 0 Å². The van der Waals surface area contributed by atoms with Crippen LogP contribution < -0.4 is 5.73 Å². The number of benzene rings is 1. The van der Waals surface area contributed by atoms with Gasteiger partial charge < -0.3 is 5.73 Å². The Morgan fingerprint density at radius 3 is 2.47 bits per heavy atom. The second-order valence-electron chi connectivity index (χ2n) is 4.00. The molecule has 0 saturated heterocycles. The molecule has 2 aromatic rings. The zero-order valence-electron chi connectivity index (χ0n) is 9.66. The molecule has 100 valence electrons. The highest BCUT2D eigenvalue weighted by atomic mass is 79.9. The molecule has 0 spiro atoms. The lowest BCUT2D eigenvalue weighted by atomic mass is 9.96. The Bertz CT molecular complexity index is 584. The molecule has 0 aliphatic heterocycles. The highest BCUT2D eigenvalue weighted by molar-refractivity contribution is 9.10. The van der Waals surface area contributed by atoms with Crippen molar-refractivity contribution in [3.63, 3.8) is 0 Å². The number of hydrogen-bond donors (Lipinski definition) is 1. The maximum absolute atomic E-state index is 12.9. The summed E-state index contributed by atoms with van der Waals surface area (Å²) in [5.41, 5.74) is 5.76. The average Bonchev–Trinajstić information content (AvgIpc) is 2.37. The summed E-state index contributed by atoms with van der Waals surface area (Å²) in [6.07, 6.45) is -1.41. The van der Waals surface area contributed by atoms with Crippen LogP contribution in [-0.4, -0.2) is 4.98 Å². The van der Waals surface area contributed by atoms with Gasteiger partial charge >= 0.3 is 6.18 Å². The molecule has 2 N–H and O–H groups in total. The van der Waals surface area contributed by atoms with Crippen LogP contribution in [0.15, 0.2) is 47.2 Å². The van der Waals surface area contributed by atoms with E-state index in [9.17, 15) is 13.2 Å². The molecule has 2 rings (SSSR count). The molecule has 0 aliphatic carbocycles. The summed E-state index contributed by atoms with van der Waals surface area (Å²) in [4.78, 5) is 3.91. The van der Waals surface area contributed by atoms with Crippen molar-refractivity contribution >= 4 is 15.9 Å². The minimum Gasteiger partial charge on any atom is -0.320 e. The standard InChI is InChI=1S/C13H10BrF3N2/c14-9-5-8(6-19-7-9)12(18)10-3-1-2-4-11(10)13(15,16)17/h1-7,12H,18H2. The molecule has 1 atom stereocenters. The zero-order chi connectivity index (χ0) is 14.0. The molecule has 1 aromatic heterocycles. The summed E-state index contributed by atoms with van der Waals surface area (Å²) in [5, 5.41) is 0. The first-order chi connectivity index (χ1) is 8.89. The fourth-order valence-electron chi connectivity index (χ4n) is 1.80. The summed E-state index contributed by atoms with van der Waals surface area (Å²) in [6, 6.07) is 6.08. The van der Waals surface area contributed by atoms with E-state index in [2.05, 4.69) is 20.9 Å². The first-order valence-electron chi connectivity index (χ1n) is 5.42. The second-order valence-corrected chi connectivity index (χ2v) is 4.91. The number of nitrogens with two attached hydrogens (primary N) is 1. The summed E-state index contributed by atoms with van der Waals surface area (Å²) in [5.74, 6) is 0. The maximum Gasteiger partial charge on any atom is 0.416 e. The van der Waals surface area contributed by atoms with Crippen LogP contribution in [0.4, 0.5) is 13.2 Å². The highest BCUT2D eigenvalue weighted by Crippen LogP contribution is 2.35. The molecule has 0 radical (unpaired) electrons. The van der Waals surface area contributed by atoms with Crippen molar-refractivity contribution in [2.75, 3.05) is 0 Å². The topological polar surface area (TPSA) is 38.9 Å². The zero-order valence-corrected chi connectivity index (χ0v) is 11.2. The van der Waals surface area contributed by atoms with Gasteiger partial charge in [-0.1, -0.05) is 18.2 Å². The molecular weight excluding hydrogens is 321 g/mol. The van der Waals surface area contributed by atoms with Gasteiger partial charge in [0.2, 0.25) is 0 Å². The molecule has 0 fully saturated rings. The van der Waals surface area contributed by atoms with E-state index in [0.29, 0.717) is 10.0 Å². The molecule has 6 heteroatoms. The van der Waals surface area contributed by atoms with E-state index in [4.69, 9.17) is 5.73 Å². The van der Waals surface area contributed by atoms with Crippen molar-refractivity contribution < 1.29 is 13.2 Å². The number of pyridine rings is 1. The van der Waals surface area contributed by atoms with Gasteiger partial charge in [0, 0.05) is 16.9 Å². The normalized spacial score (nSPS) is 13.3. The Labute approximate surface area is 116 Å². The third-order valence-corrected chi connectivity index (χ3v) is 3.12. The van der Waals surface area contributed by atoms with Gasteiger partial charge in [0.25, 0.3) is 0 Å². The van der Waals surface area contributed by atoms with Crippen LogP contribution in [0.25, 0.3) is 0 Å². The number of alkyl halides is 3. The van der Waals surface area contributed by atoms with Crippen LogP contribution >= 0.6 is 15.9 Å². The van der Waals surface area contributed by atoms with E-state index < -0.39 is 17.8 Å². The number of nitrogens with zero attached hydrogens (tertiary/aromatic N) is 1. The van der Waals surface area contributed by atoms with Gasteiger partial charge in [-0.15, -0.1) is 0 Å². The predicted octanol–water partition coefficient (Wildman–Crippen LogP) is 3.91. The average molecular weight is 331 g/mol. The quantitative estimate of drug-likeness (QED) is 0.906. The molecular formula is C13H10BrF3N2. The van der Waals surface area contributed by atoms with E-state index in [0.717, 1.165) is 6.07 Å². The molecule has 0 bridgehead atoms. The molecule has 0 saturated carbocycles. The Morgan fingerprint density at radius 1 is 1.16 bits per heavy atom. The second kappa shape index (κ2) is 5.30. The molecule has 1 aromatic carbocycles.